The Kier molecular flexibility index (Phi) is 7.07. The van der Waals surface area contributed by atoms with Crippen LogP contribution in [0.1, 0.15) is 15.9 Å². The highest BCUT2D eigenvalue weighted by molar-refractivity contribution is 7.89. The van der Waals surface area contributed by atoms with E-state index in [1.165, 1.54) is 31.4 Å². The van der Waals surface area contributed by atoms with Crippen molar-refractivity contribution in [3.63, 3.8) is 0 Å². The number of nitrogens with two attached hydrogens (primary N) is 1. The molecular formula is C18H19FN2O6S. The van der Waals surface area contributed by atoms with E-state index in [0.717, 1.165) is 11.6 Å². The molecule has 0 spiro atoms. The lowest BCUT2D eigenvalue weighted by atomic mass is 10.1. The van der Waals surface area contributed by atoms with E-state index >= 15 is 0 Å². The number of carbonyl (C=O) groups excluding carboxylic acids is 2. The number of amides is 1. The molecule has 28 heavy (non-hydrogen) atoms. The number of ether oxygens (including phenoxy) is 2. The van der Waals surface area contributed by atoms with Crippen molar-refractivity contribution < 1.29 is 31.9 Å². The van der Waals surface area contributed by atoms with Gasteiger partial charge in [-0.2, -0.15) is 0 Å². The van der Waals surface area contributed by atoms with Crippen molar-refractivity contribution in [3.05, 3.63) is 59.4 Å². The van der Waals surface area contributed by atoms with Gasteiger partial charge in [-0.05, 0) is 42.3 Å². The molecule has 0 bridgehead atoms. The molecule has 0 heterocycles. The lowest BCUT2D eigenvalue weighted by molar-refractivity contribution is -0.124. The lowest BCUT2D eigenvalue weighted by Crippen LogP contribution is -2.30. The minimum atomic E-state index is -4.11. The monoisotopic (exact) mass is 410 g/mol. The molecule has 0 aromatic heterocycles. The minimum Gasteiger partial charge on any atom is -0.495 e. The van der Waals surface area contributed by atoms with Crippen molar-refractivity contribution in [2.45, 2.75) is 11.3 Å². The Morgan fingerprint density at radius 2 is 1.82 bits per heavy atom. The summed E-state index contributed by atoms with van der Waals surface area (Å²) >= 11 is 0. The maximum atomic E-state index is 12.8. The average molecular weight is 410 g/mol. The van der Waals surface area contributed by atoms with Gasteiger partial charge in [0.2, 0.25) is 10.0 Å². The van der Waals surface area contributed by atoms with Crippen LogP contribution in [0.3, 0.4) is 0 Å². The summed E-state index contributed by atoms with van der Waals surface area (Å²) in [7, 11) is -2.85. The zero-order valence-corrected chi connectivity index (χ0v) is 15.8. The van der Waals surface area contributed by atoms with Crippen molar-refractivity contribution >= 4 is 21.9 Å². The van der Waals surface area contributed by atoms with Crippen molar-refractivity contribution in [1.29, 1.82) is 0 Å². The molecular weight excluding hydrogens is 391 g/mol. The van der Waals surface area contributed by atoms with Crippen LogP contribution in [0.4, 0.5) is 4.39 Å². The van der Waals surface area contributed by atoms with Crippen LogP contribution < -0.4 is 15.2 Å². The Balaban J connectivity index is 1.87. The summed E-state index contributed by atoms with van der Waals surface area (Å²) in [6.45, 7) is -0.265. The van der Waals surface area contributed by atoms with Gasteiger partial charge >= 0.3 is 5.97 Å². The fourth-order valence-electron chi connectivity index (χ4n) is 2.29. The Labute approximate surface area is 161 Å². The smallest absolute Gasteiger partial charge is 0.338 e. The first-order valence-electron chi connectivity index (χ1n) is 8.10. The van der Waals surface area contributed by atoms with Gasteiger partial charge in [0.1, 0.15) is 16.5 Å². The van der Waals surface area contributed by atoms with E-state index in [-0.39, 0.29) is 28.6 Å². The molecule has 0 saturated heterocycles. The van der Waals surface area contributed by atoms with Gasteiger partial charge in [-0.1, -0.05) is 12.1 Å². The average Bonchev–Trinajstić information content (AvgIpc) is 2.66. The fraction of sp³-hybridized carbons (Fsp3) is 0.222. The molecule has 150 valence electrons. The highest BCUT2D eigenvalue weighted by Gasteiger charge is 2.19. The van der Waals surface area contributed by atoms with Crippen LogP contribution in [0.25, 0.3) is 0 Å². The summed E-state index contributed by atoms with van der Waals surface area (Å²) in [5.41, 5.74) is 0.747. The second-order valence-corrected chi connectivity index (χ2v) is 7.24. The number of primary sulfonamides is 1. The van der Waals surface area contributed by atoms with Gasteiger partial charge < -0.3 is 14.8 Å². The zero-order chi connectivity index (χ0) is 20.7. The molecule has 0 saturated carbocycles. The molecule has 0 fully saturated rings. The molecule has 2 aromatic rings. The summed E-state index contributed by atoms with van der Waals surface area (Å²) in [4.78, 5) is 23.4. The highest BCUT2D eigenvalue weighted by atomic mass is 32.2. The van der Waals surface area contributed by atoms with Crippen LogP contribution in [0.2, 0.25) is 0 Å². The first kappa shape index (κ1) is 21.3. The third-order valence-corrected chi connectivity index (χ3v) is 4.62. The Morgan fingerprint density at radius 3 is 2.43 bits per heavy atom. The number of sulfonamides is 1. The molecule has 0 aliphatic heterocycles. The number of benzene rings is 2. The number of hydrogen-bond donors (Lipinski definition) is 2. The Bertz CT molecular complexity index is 961. The summed E-state index contributed by atoms with van der Waals surface area (Å²) in [6.07, 6.45) is 0.482. The van der Waals surface area contributed by atoms with Crippen molar-refractivity contribution in [1.82, 2.24) is 5.32 Å². The third-order valence-electron chi connectivity index (χ3n) is 3.69. The summed E-state index contributed by atoms with van der Waals surface area (Å²) in [5.74, 6) is -1.78. The minimum absolute atomic E-state index is 0.0161. The molecule has 0 radical (unpaired) electrons. The first-order valence-corrected chi connectivity index (χ1v) is 9.64. The maximum absolute atomic E-state index is 12.8. The molecule has 10 heteroatoms. The standard InChI is InChI=1S/C18H19FN2O6S/c1-26-15-7-4-13(10-16(15)28(20,24)25)18(23)27-11-17(22)21-9-8-12-2-5-14(19)6-3-12/h2-7,10H,8-9,11H2,1H3,(H,21,22)(H2,20,24,25). The normalized spacial score (nSPS) is 11.0. The number of halogens is 1. The van der Waals surface area contributed by atoms with Gasteiger partial charge in [-0.15, -0.1) is 0 Å². The van der Waals surface area contributed by atoms with E-state index < -0.39 is 28.5 Å². The SMILES string of the molecule is COc1ccc(C(=O)OCC(=O)NCCc2ccc(F)cc2)cc1S(N)(=O)=O. The largest absolute Gasteiger partial charge is 0.495 e. The van der Waals surface area contributed by atoms with Crippen LogP contribution >= 0.6 is 0 Å². The van der Waals surface area contributed by atoms with Crippen molar-refractivity contribution in [3.8, 4) is 5.75 Å². The summed E-state index contributed by atoms with van der Waals surface area (Å²) in [5, 5.41) is 7.65. The van der Waals surface area contributed by atoms with Crippen LogP contribution in [-0.4, -0.2) is 40.6 Å². The van der Waals surface area contributed by atoms with Crippen molar-refractivity contribution in [2.24, 2.45) is 5.14 Å². The zero-order valence-electron chi connectivity index (χ0n) is 15.0. The molecule has 0 aliphatic carbocycles. The third kappa shape index (κ3) is 6.03. The molecule has 2 aromatic carbocycles. The van der Waals surface area contributed by atoms with Crippen LogP contribution in [0.5, 0.6) is 5.75 Å². The van der Waals surface area contributed by atoms with Crippen molar-refractivity contribution in [2.75, 3.05) is 20.3 Å². The molecule has 1 amide bonds. The van der Waals surface area contributed by atoms with Gasteiger partial charge in [0.05, 0.1) is 12.7 Å². The molecule has 2 rings (SSSR count). The van der Waals surface area contributed by atoms with Gasteiger partial charge in [-0.25, -0.2) is 22.7 Å². The molecule has 3 N–H and O–H groups in total. The van der Waals surface area contributed by atoms with E-state index in [1.807, 2.05) is 0 Å². The lowest BCUT2D eigenvalue weighted by Gasteiger charge is -2.10. The van der Waals surface area contributed by atoms with E-state index in [0.29, 0.717) is 6.42 Å². The predicted molar refractivity (Wildman–Crippen MR) is 97.8 cm³/mol. The van der Waals surface area contributed by atoms with E-state index in [2.05, 4.69) is 5.32 Å². The van der Waals surface area contributed by atoms with Crippen LogP contribution in [0.15, 0.2) is 47.4 Å². The number of nitrogens with one attached hydrogen (secondary N) is 1. The highest BCUT2D eigenvalue weighted by Crippen LogP contribution is 2.24. The quantitative estimate of drug-likeness (QED) is 0.626. The number of hydrogen-bond acceptors (Lipinski definition) is 6. The molecule has 8 nitrogen and oxygen atoms in total. The first-order chi connectivity index (χ1) is 13.2. The van der Waals surface area contributed by atoms with Gasteiger partial charge in [0, 0.05) is 6.54 Å². The van der Waals surface area contributed by atoms with Crippen LogP contribution in [0, 0.1) is 5.82 Å². The van der Waals surface area contributed by atoms with Gasteiger partial charge in [0.25, 0.3) is 5.91 Å². The Morgan fingerprint density at radius 1 is 1.14 bits per heavy atom. The van der Waals surface area contributed by atoms with Gasteiger partial charge in [-0.3, -0.25) is 4.79 Å². The van der Waals surface area contributed by atoms with E-state index in [9.17, 15) is 22.4 Å². The predicted octanol–water partition coefficient (Wildman–Crippen LogP) is 0.997. The number of rotatable bonds is 8. The molecule has 0 unspecified atom stereocenters. The molecule has 0 aliphatic rings. The Hall–Kier alpha value is -2.98. The van der Waals surface area contributed by atoms with Gasteiger partial charge in [0.15, 0.2) is 6.61 Å². The molecule has 0 atom stereocenters. The summed E-state index contributed by atoms with van der Waals surface area (Å²) < 4.78 is 45.7. The van der Waals surface area contributed by atoms with Crippen LogP contribution in [-0.2, 0) is 26.0 Å². The number of esters is 1. The number of methoxy groups -OCH3 is 1. The fourth-order valence-corrected chi connectivity index (χ4v) is 3.01. The number of carbonyl (C=O) groups is 2. The van der Waals surface area contributed by atoms with E-state index in [4.69, 9.17) is 14.6 Å². The topological polar surface area (TPSA) is 125 Å². The maximum Gasteiger partial charge on any atom is 0.338 e. The second-order valence-electron chi connectivity index (χ2n) is 5.71. The van der Waals surface area contributed by atoms with E-state index in [1.54, 1.807) is 12.1 Å². The summed E-state index contributed by atoms with van der Waals surface area (Å²) in [6, 6.07) is 9.43. The second kappa shape index (κ2) is 9.29.